The van der Waals surface area contributed by atoms with Gasteiger partial charge in [-0.25, -0.2) is 18.7 Å². The Morgan fingerprint density at radius 3 is 2.40 bits per heavy atom. The Balaban J connectivity index is 1.07. The lowest BCUT2D eigenvalue weighted by atomic mass is 9.91. The molecule has 0 radical (unpaired) electrons. The van der Waals surface area contributed by atoms with Crippen LogP contribution in [0.5, 0.6) is 0 Å². The zero-order valence-electron chi connectivity index (χ0n) is 22.7. The smallest absolute Gasteiger partial charge is 0.264 e. The van der Waals surface area contributed by atoms with E-state index >= 15 is 0 Å². The van der Waals surface area contributed by atoms with E-state index in [4.69, 9.17) is 4.74 Å². The van der Waals surface area contributed by atoms with Gasteiger partial charge >= 0.3 is 0 Å². The second kappa shape index (κ2) is 10.3. The van der Waals surface area contributed by atoms with Gasteiger partial charge in [0.2, 0.25) is 0 Å². The van der Waals surface area contributed by atoms with Crippen LogP contribution in [0.15, 0.2) is 72.0 Å². The minimum atomic E-state index is -1.18. The molecule has 1 N–H and O–H groups in total. The number of ether oxygens (including phenoxy) is 1. The van der Waals surface area contributed by atoms with E-state index in [1.165, 1.54) is 41.4 Å². The first kappa shape index (κ1) is 26.2. The molecule has 7 rings (SSSR count). The van der Waals surface area contributed by atoms with Crippen LogP contribution >= 0.6 is 0 Å². The number of hydrogen-bond acceptors (Lipinski definition) is 7. The van der Waals surface area contributed by atoms with Crippen LogP contribution in [0.25, 0.3) is 22.4 Å². The highest BCUT2D eigenvalue weighted by Crippen LogP contribution is 2.26. The number of amides is 1. The summed E-state index contributed by atoms with van der Waals surface area (Å²) in [6.07, 6.45) is 6.16. The molecule has 1 saturated heterocycles. The fourth-order valence-corrected chi connectivity index (χ4v) is 5.73. The van der Waals surface area contributed by atoms with Gasteiger partial charge in [0, 0.05) is 30.6 Å². The standard InChI is InChI=1S/C30H28FN7O4/c31-22-3-1-20(2-4-22)28(39)35-12-10-30(41,11-13-35)18-36-19-32-27-25(29(36)40)16-34-38(27)24-7-5-23(6-8-24)37-26-9-14-42-17-21(26)15-33-37/h1-8,15-16,19,41H,9-14,17-18H2. The first-order valence-electron chi connectivity index (χ1n) is 13.8. The van der Waals surface area contributed by atoms with Crippen LogP contribution in [0, 0.1) is 5.82 Å². The molecule has 0 aliphatic carbocycles. The van der Waals surface area contributed by atoms with Crippen LogP contribution < -0.4 is 5.56 Å². The molecule has 0 bridgehead atoms. The molecule has 0 unspecified atom stereocenters. The maximum absolute atomic E-state index is 13.4. The molecule has 214 valence electrons. The molecular weight excluding hydrogens is 541 g/mol. The topological polar surface area (TPSA) is 120 Å². The van der Waals surface area contributed by atoms with E-state index in [0.717, 1.165) is 29.1 Å². The van der Waals surface area contributed by atoms with Crippen molar-refractivity contribution in [3.8, 4) is 11.4 Å². The Morgan fingerprint density at radius 2 is 1.67 bits per heavy atom. The van der Waals surface area contributed by atoms with E-state index in [-0.39, 0.29) is 18.0 Å². The number of aliphatic hydroxyl groups is 1. The number of likely N-dealkylation sites (tertiary alicyclic amines) is 1. The molecule has 1 fully saturated rings. The van der Waals surface area contributed by atoms with Gasteiger partial charge in [-0.05, 0) is 61.4 Å². The van der Waals surface area contributed by atoms with Gasteiger partial charge in [0.15, 0.2) is 5.65 Å². The molecule has 5 heterocycles. The quantitative estimate of drug-likeness (QED) is 0.346. The second-order valence-electron chi connectivity index (χ2n) is 10.8. The number of carbonyl (C=O) groups is 1. The zero-order chi connectivity index (χ0) is 28.8. The zero-order valence-corrected chi connectivity index (χ0v) is 22.7. The van der Waals surface area contributed by atoms with Crippen molar-refractivity contribution in [2.24, 2.45) is 0 Å². The molecular formula is C30H28FN7O4. The fraction of sp³-hybridized carbons (Fsp3) is 0.300. The molecule has 2 aromatic carbocycles. The van der Waals surface area contributed by atoms with Gasteiger partial charge in [-0.2, -0.15) is 10.2 Å². The summed E-state index contributed by atoms with van der Waals surface area (Å²) in [4.78, 5) is 32.3. The largest absolute Gasteiger partial charge is 0.388 e. The minimum Gasteiger partial charge on any atom is -0.388 e. The number of hydrogen-bond donors (Lipinski definition) is 1. The van der Waals surface area contributed by atoms with E-state index in [2.05, 4.69) is 15.2 Å². The summed E-state index contributed by atoms with van der Waals surface area (Å²) >= 11 is 0. The third kappa shape index (κ3) is 4.68. The average Bonchev–Trinajstić information content (AvgIpc) is 3.64. The number of nitrogens with zero attached hydrogens (tertiary/aromatic N) is 7. The highest BCUT2D eigenvalue weighted by molar-refractivity contribution is 5.94. The van der Waals surface area contributed by atoms with Crippen molar-refractivity contribution in [3.05, 3.63) is 100 Å². The van der Waals surface area contributed by atoms with E-state index < -0.39 is 11.4 Å². The van der Waals surface area contributed by atoms with Crippen LogP contribution in [0.3, 0.4) is 0 Å². The summed E-state index contributed by atoms with van der Waals surface area (Å²) in [6.45, 7) is 1.93. The summed E-state index contributed by atoms with van der Waals surface area (Å²) in [5, 5.41) is 20.6. The molecule has 2 aliphatic heterocycles. The van der Waals surface area contributed by atoms with Crippen LogP contribution in [-0.2, 0) is 24.3 Å². The van der Waals surface area contributed by atoms with Gasteiger partial charge in [0.25, 0.3) is 11.5 Å². The summed E-state index contributed by atoms with van der Waals surface area (Å²) < 4.78 is 23.7. The maximum atomic E-state index is 13.4. The van der Waals surface area contributed by atoms with Crippen molar-refractivity contribution in [3.63, 3.8) is 0 Å². The lowest BCUT2D eigenvalue weighted by molar-refractivity contribution is -0.0299. The van der Waals surface area contributed by atoms with E-state index in [0.29, 0.717) is 55.7 Å². The molecule has 42 heavy (non-hydrogen) atoms. The molecule has 1 amide bonds. The van der Waals surface area contributed by atoms with E-state index in [9.17, 15) is 19.1 Å². The van der Waals surface area contributed by atoms with Gasteiger partial charge in [-0.15, -0.1) is 0 Å². The van der Waals surface area contributed by atoms with E-state index in [1.54, 1.807) is 9.58 Å². The number of rotatable bonds is 5. The number of carbonyl (C=O) groups excluding carboxylic acids is 1. The van der Waals surface area contributed by atoms with Gasteiger partial charge in [0.1, 0.15) is 17.5 Å². The summed E-state index contributed by atoms with van der Waals surface area (Å²) in [7, 11) is 0. The minimum absolute atomic E-state index is 0.0481. The molecule has 0 saturated carbocycles. The summed E-state index contributed by atoms with van der Waals surface area (Å²) in [6, 6.07) is 13.1. The molecule has 5 aromatic rings. The second-order valence-corrected chi connectivity index (χ2v) is 10.8. The number of piperidine rings is 1. The Bertz CT molecular complexity index is 1830. The van der Waals surface area contributed by atoms with E-state index in [1.807, 2.05) is 35.1 Å². The number of halogens is 1. The van der Waals surface area contributed by atoms with Gasteiger partial charge < -0.3 is 14.7 Å². The predicted molar refractivity (Wildman–Crippen MR) is 150 cm³/mol. The molecule has 12 heteroatoms. The number of fused-ring (bicyclic) bond motifs is 2. The fourth-order valence-electron chi connectivity index (χ4n) is 5.73. The Kier molecular flexibility index (Phi) is 6.43. The monoisotopic (exact) mass is 569 g/mol. The predicted octanol–water partition coefficient (Wildman–Crippen LogP) is 2.65. The van der Waals surface area contributed by atoms with Crippen LogP contribution in [0.1, 0.15) is 34.5 Å². The third-order valence-electron chi connectivity index (χ3n) is 8.13. The van der Waals surface area contributed by atoms with Crippen molar-refractivity contribution in [1.29, 1.82) is 0 Å². The Morgan fingerprint density at radius 1 is 0.976 bits per heavy atom. The van der Waals surface area contributed by atoms with Crippen molar-refractivity contribution < 1.29 is 19.0 Å². The summed E-state index contributed by atoms with van der Waals surface area (Å²) in [5.74, 6) is -0.616. The van der Waals surface area contributed by atoms with Gasteiger partial charge in [-0.1, -0.05) is 0 Å². The SMILES string of the molecule is O=C(c1ccc(F)cc1)N1CCC(O)(Cn2cnc3c(cnn3-c3ccc(-n4ncc5c4CCOC5)cc3)c2=O)CC1. The molecule has 0 spiro atoms. The normalized spacial score (nSPS) is 16.5. The number of benzene rings is 2. The van der Waals surface area contributed by atoms with Gasteiger partial charge in [0.05, 0.1) is 54.8 Å². The molecule has 2 aliphatic rings. The van der Waals surface area contributed by atoms with Crippen LogP contribution in [-0.4, -0.2) is 70.3 Å². The van der Waals surface area contributed by atoms with Crippen molar-refractivity contribution in [1.82, 2.24) is 34.0 Å². The third-order valence-corrected chi connectivity index (χ3v) is 8.13. The first-order chi connectivity index (χ1) is 20.4. The lowest BCUT2D eigenvalue weighted by Gasteiger charge is -2.38. The molecule has 11 nitrogen and oxygen atoms in total. The lowest BCUT2D eigenvalue weighted by Crippen LogP contribution is -2.49. The first-order valence-corrected chi connectivity index (χ1v) is 13.8. The summed E-state index contributed by atoms with van der Waals surface area (Å²) in [5.41, 5.74) is 3.25. The average molecular weight is 570 g/mol. The van der Waals surface area contributed by atoms with Crippen molar-refractivity contribution >= 4 is 16.9 Å². The van der Waals surface area contributed by atoms with Crippen molar-refractivity contribution in [2.45, 2.75) is 38.0 Å². The molecule has 0 atom stereocenters. The van der Waals surface area contributed by atoms with Crippen molar-refractivity contribution in [2.75, 3.05) is 19.7 Å². The van der Waals surface area contributed by atoms with Gasteiger partial charge in [-0.3, -0.25) is 14.2 Å². The molecule has 3 aromatic heterocycles. The Hall–Kier alpha value is -4.68. The highest BCUT2D eigenvalue weighted by Gasteiger charge is 2.35. The Labute approximate surface area is 239 Å². The van der Waals surface area contributed by atoms with Crippen LogP contribution in [0.4, 0.5) is 4.39 Å². The number of aromatic nitrogens is 6. The van der Waals surface area contributed by atoms with Crippen LogP contribution in [0.2, 0.25) is 0 Å². The highest BCUT2D eigenvalue weighted by atomic mass is 19.1. The maximum Gasteiger partial charge on any atom is 0.264 e.